The van der Waals surface area contributed by atoms with E-state index in [2.05, 4.69) is 42.5 Å². The van der Waals surface area contributed by atoms with E-state index in [1.807, 2.05) is 36.4 Å². The molecule has 6 rings (SSSR count). The minimum absolute atomic E-state index is 0. The van der Waals surface area contributed by atoms with E-state index in [1.54, 1.807) is 12.2 Å². The van der Waals surface area contributed by atoms with E-state index in [1.165, 1.54) is 64.2 Å². The van der Waals surface area contributed by atoms with Crippen molar-refractivity contribution in [1.82, 2.24) is 10.6 Å². The van der Waals surface area contributed by atoms with E-state index < -0.39 is 0 Å². The third-order valence-electron chi connectivity index (χ3n) is 8.81. The van der Waals surface area contributed by atoms with Crippen LogP contribution in [0.1, 0.15) is 88.2 Å². The van der Waals surface area contributed by atoms with Gasteiger partial charge in [0.2, 0.25) is 0 Å². The summed E-state index contributed by atoms with van der Waals surface area (Å²) in [5.41, 5.74) is 1.71. The maximum absolute atomic E-state index is 11.6. The standard InChI is InChI=1S/2C18H20BrNO3S.H3P/c2*19-14-10-13(11-16-17(21)20-18(22)24-16)6-7-15(14)23-9-8-12-4-2-1-3-5-12;/h2*6-7,10-12H,1-5,8-9H2,(H,20,21,22);1H3. The number of nitrogens with one attached hydrogen (secondary N) is 2. The van der Waals surface area contributed by atoms with E-state index in [-0.39, 0.29) is 32.2 Å². The molecule has 8 nitrogen and oxygen atoms in total. The molecule has 0 aromatic heterocycles. The lowest BCUT2D eigenvalue weighted by atomic mass is 9.87. The Morgan fingerprint density at radius 1 is 0.633 bits per heavy atom. The predicted octanol–water partition coefficient (Wildman–Crippen LogP) is 10.3. The lowest BCUT2D eigenvalue weighted by molar-refractivity contribution is -0.116. The first kappa shape index (κ1) is 39.7. The van der Waals surface area contributed by atoms with Crippen LogP contribution in [0, 0.1) is 11.8 Å². The van der Waals surface area contributed by atoms with Gasteiger partial charge in [-0.1, -0.05) is 76.3 Å². The Morgan fingerprint density at radius 2 is 1.02 bits per heavy atom. The SMILES string of the molecule is O=C1NC(=O)C(=Cc2ccc(OCCC3CCCCC3)c(Br)c2)S1.O=C1NC(=O)C(=Cc2ccc(OCCC3CCCCC3)c(Br)c2)S1.P. The highest BCUT2D eigenvalue weighted by molar-refractivity contribution is 9.11. The van der Waals surface area contributed by atoms with E-state index >= 15 is 0 Å². The molecule has 2 saturated heterocycles. The molecule has 2 aromatic carbocycles. The number of hydrogen-bond donors (Lipinski definition) is 2. The maximum atomic E-state index is 11.6. The van der Waals surface area contributed by atoms with Crippen molar-refractivity contribution in [1.29, 1.82) is 0 Å². The Bertz CT molecular complexity index is 1460. The molecule has 13 heteroatoms. The van der Waals surface area contributed by atoms with E-state index in [0.717, 1.165) is 93.0 Å². The predicted molar refractivity (Wildman–Crippen MR) is 211 cm³/mol. The molecule has 264 valence electrons. The first-order valence-electron chi connectivity index (χ1n) is 16.6. The van der Waals surface area contributed by atoms with Gasteiger partial charge in [-0.25, -0.2) is 0 Å². The van der Waals surface area contributed by atoms with Crippen molar-refractivity contribution >= 4 is 99.7 Å². The summed E-state index contributed by atoms with van der Waals surface area (Å²) < 4.78 is 13.5. The van der Waals surface area contributed by atoms with Gasteiger partial charge in [-0.2, -0.15) is 9.90 Å². The fourth-order valence-electron chi connectivity index (χ4n) is 6.22. The first-order valence-corrected chi connectivity index (χ1v) is 19.8. The van der Waals surface area contributed by atoms with E-state index in [0.29, 0.717) is 9.81 Å². The topological polar surface area (TPSA) is 111 Å². The minimum Gasteiger partial charge on any atom is -0.492 e. The first-order chi connectivity index (χ1) is 23.2. The van der Waals surface area contributed by atoms with Crippen molar-refractivity contribution in [3.05, 3.63) is 66.3 Å². The van der Waals surface area contributed by atoms with E-state index in [4.69, 9.17) is 9.47 Å². The molecule has 2 saturated carbocycles. The zero-order valence-electron chi connectivity index (χ0n) is 27.4. The summed E-state index contributed by atoms with van der Waals surface area (Å²) in [6.45, 7) is 1.47. The normalized spacial score (nSPS) is 20.0. The van der Waals surface area contributed by atoms with Crippen LogP contribution < -0.4 is 20.1 Å². The highest BCUT2D eigenvalue weighted by Gasteiger charge is 2.26. The molecule has 0 bridgehead atoms. The van der Waals surface area contributed by atoms with Gasteiger partial charge in [-0.3, -0.25) is 29.8 Å². The van der Waals surface area contributed by atoms with E-state index in [9.17, 15) is 19.2 Å². The molecular formula is C36H43Br2N2O6PS2. The van der Waals surface area contributed by atoms with Crippen LogP contribution in [-0.4, -0.2) is 35.5 Å². The molecule has 4 amide bonds. The van der Waals surface area contributed by atoms with Crippen molar-refractivity contribution in [2.24, 2.45) is 11.8 Å². The molecule has 4 fully saturated rings. The summed E-state index contributed by atoms with van der Waals surface area (Å²) in [4.78, 5) is 46.3. The summed E-state index contributed by atoms with van der Waals surface area (Å²) in [5.74, 6) is 2.55. The average Bonchev–Trinajstić information content (AvgIpc) is 3.57. The Hall–Kier alpha value is -2.11. The number of halogens is 2. The molecule has 2 N–H and O–H groups in total. The second-order valence-corrected chi connectivity index (χ2v) is 16.1. The number of imide groups is 2. The zero-order valence-corrected chi connectivity index (χ0v) is 33.6. The Morgan fingerprint density at radius 3 is 1.35 bits per heavy atom. The largest absolute Gasteiger partial charge is 0.492 e. The van der Waals surface area contributed by atoms with Crippen LogP contribution in [0.5, 0.6) is 11.5 Å². The average molecular weight is 855 g/mol. The van der Waals surface area contributed by atoms with Gasteiger partial charge in [0.05, 0.1) is 32.0 Å². The molecule has 1 atom stereocenters. The van der Waals surface area contributed by atoms with Gasteiger partial charge in [0.15, 0.2) is 0 Å². The lowest BCUT2D eigenvalue weighted by Gasteiger charge is -2.21. The van der Waals surface area contributed by atoms with Crippen molar-refractivity contribution in [3.8, 4) is 11.5 Å². The van der Waals surface area contributed by atoms with Crippen LogP contribution in [-0.2, 0) is 9.59 Å². The van der Waals surface area contributed by atoms with Crippen LogP contribution in [0.15, 0.2) is 55.2 Å². The van der Waals surface area contributed by atoms with Gasteiger partial charge in [0.1, 0.15) is 11.5 Å². The number of carbonyl (C=O) groups excluding carboxylic acids is 4. The highest BCUT2D eigenvalue weighted by atomic mass is 79.9. The molecule has 2 aliphatic heterocycles. The quantitative estimate of drug-likeness (QED) is 0.180. The number of ether oxygens (including phenoxy) is 2. The van der Waals surface area contributed by atoms with Gasteiger partial charge in [-0.15, -0.1) is 0 Å². The number of rotatable bonds is 10. The van der Waals surface area contributed by atoms with Gasteiger partial charge in [-0.05, 0) is 128 Å². The molecule has 4 aliphatic rings. The smallest absolute Gasteiger partial charge is 0.290 e. The summed E-state index contributed by atoms with van der Waals surface area (Å²) in [6, 6.07) is 11.4. The Balaban J connectivity index is 0.000000216. The third kappa shape index (κ3) is 12.6. The summed E-state index contributed by atoms with van der Waals surface area (Å²) in [7, 11) is 0. The summed E-state index contributed by atoms with van der Waals surface area (Å²) >= 11 is 8.89. The molecule has 2 aliphatic carbocycles. The molecule has 2 heterocycles. The molecular weight excluding hydrogens is 811 g/mol. The van der Waals surface area contributed by atoms with Crippen molar-refractivity contribution in [2.75, 3.05) is 13.2 Å². The number of benzene rings is 2. The molecule has 0 spiro atoms. The van der Waals surface area contributed by atoms with Gasteiger partial charge in [0.25, 0.3) is 22.3 Å². The molecule has 0 radical (unpaired) electrons. The highest BCUT2D eigenvalue weighted by Crippen LogP contribution is 2.33. The molecule has 1 unspecified atom stereocenters. The number of hydrogen-bond acceptors (Lipinski definition) is 8. The minimum atomic E-state index is -0.339. The third-order valence-corrected chi connectivity index (χ3v) is 11.7. The van der Waals surface area contributed by atoms with Crippen LogP contribution >= 0.6 is 65.3 Å². The molecule has 2 aromatic rings. The summed E-state index contributed by atoms with van der Waals surface area (Å²) in [6.07, 6.45) is 19.1. The van der Waals surface area contributed by atoms with Crippen molar-refractivity contribution < 1.29 is 28.7 Å². The fourth-order valence-corrected chi connectivity index (χ4v) is 8.60. The summed E-state index contributed by atoms with van der Waals surface area (Å²) in [5, 5.41) is 3.85. The number of amides is 4. The molecule has 49 heavy (non-hydrogen) atoms. The maximum Gasteiger partial charge on any atom is 0.290 e. The van der Waals surface area contributed by atoms with Crippen LogP contribution in [0.4, 0.5) is 9.59 Å². The van der Waals surface area contributed by atoms with Gasteiger partial charge < -0.3 is 9.47 Å². The van der Waals surface area contributed by atoms with Crippen molar-refractivity contribution in [3.63, 3.8) is 0 Å². The Kier molecular flexibility index (Phi) is 16.2. The fraction of sp³-hybridized carbons (Fsp3) is 0.444. The van der Waals surface area contributed by atoms with Crippen LogP contribution in [0.25, 0.3) is 12.2 Å². The number of carbonyl (C=O) groups is 4. The van der Waals surface area contributed by atoms with Crippen LogP contribution in [0.2, 0.25) is 0 Å². The lowest BCUT2D eigenvalue weighted by Crippen LogP contribution is -2.17. The van der Waals surface area contributed by atoms with Gasteiger partial charge >= 0.3 is 0 Å². The zero-order chi connectivity index (χ0) is 33.9. The van der Waals surface area contributed by atoms with Crippen LogP contribution in [0.3, 0.4) is 0 Å². The monoisotopic (exact) mass is 852 g/mol. The second kappa shape index (κ2) is 20.1. The Labute approximate surface area is 317 Å². The van der Waals surface area contributed by atoms with Crippen molar-refractivity contribution in [2.45, 2.75) is 77.0 Å². The second-order valence-electron chi connectivity index (χ2n) is 12.4. The van der Waals surface area contributed by atoms with Gasteiger partial charge in [0, 0.05) is 0 Å². The number of thioether (sulfide) groups is 2.